The third-order valence-corrected chi connectivity index (χ3v) is 6.75. The fourth-order valence-electron chi connectivity index (χ4n) is 3.68. The van der Waals surface area contributed by atoms with Gasteiger partial charge in [-0.15, -0.1) is 0 Å². The molecule has 0 saturated carbocycles. The average molecular weight is 454 g/mol. The first-order chi connectivity index (χ1) is 14.9. The second kappa shape index (κ2) is 9.37. The van der Waals surface area contributed by atoms with Gasteiger partial charge < -0.3 is 14.2 Å². The van der Waals surface area contributed by atoms with E-state index in [1.165, 1.54) is 0 Å². The number of hydrogen-bond acceptors (Lipinski definition) is 6. The van der Waals surface area contributed by atoms with Gasteiger partial charge in [0, 0.05) is 19.6 Å². The van der Waals surface area contributed by atoms with Crippen LogP contribution in [0.15, 0.2) is 41.3 Å². The monoisotopic (exact) mass is 454 g/mol. The zero-order valence-corrected chi connectivity index (χ0v) is 17.7. The highest BCUT2D eigenvalue weighted by Gasteiger charge is 2.25. The van der Waals surface area contributed by atoms with Crippen LogP contribution in [0.1, 0.15) is 6.42 Å². The number of ether oxygens (including phenoxy) is 3. The summed E-state index contributed by atoms with van der Waals surface area (Å²) in [5.41, 5.74) is 0. The standard InChI is InChI=1S/C21H24F2N2O5S/c22-17-5-4-16(12-18(17)23)31(26,27)24-13-15-6-7-25(14-15)8-9-28-19-2-1-3-20-21(19)30-11-10-29-20/h1-5,12,15,24H,6-11,13-14H2. The molecule has 1 unspecified atom stereocenters. The van der Waals surface area contributed by atoms with E-state index >= 15 is 0 Å². The van der Waals surface area contributed by atoms with Crippen LogP contribution in [0.3, 0.4) is 0 Å². The maximum atomic E-state index is 13.3. The number of nitrogens with zero attached hydrogens (tertiary/aromatic N) is 1. The Kier molecular flexibility index (Phi) is 6.59. The molecule has 1 saturated heterocycles. The first-order valence-corrected chi connectivity index (χ1v) is 11.6. The van der Waals surface area contributed by atoms with Crippen LogP contribution in [-0.2, 0) is 10.0 Å². The molecule has 0 amide bonds. The van der Waals surface area contributed by atoms with Gasteiger partial charge in [0.05, 0.1) is 4.90 Å². The molecule has 7 nitrogen and oxygen atoms in total. The molecule has 2 aliphatic rings. The second-order valence-electron chi connectivity index (χ2n) is 7.51. The fourth-order valence-corrected chi connectivity index (χ4v) is 4.81. The summed E-state index contributed by atoms with van der Waals surface area (Å²) < 4.78 is 70.6. The zero-order valence-electron chi connectivity index (χ0n) is 16.9. The van der Waals surface area contributed by atoms with Gasteiger partial charge in [-0.25, -0.2) is 21.9 Å². The summed E-state index contributed by atoms with van der Waals surface area (Å²) in [6.45, 7) is 3.94. The number of rotatable bonds is 8. The maximum absolute atomic E-state index is 13.3. The molecule has 0 radical (unpaired) electrons. The molecule has 168 valence electrons. The fraction of sp³-hybridized carbons (Fsp3) is 0.429. The molecular weight excluding hydrogens is 430 g/mol. The van der Waals surface area contributed by atoms with Gasteiger partial charge in [-0.05, 0) is 49.2 Å². The van der Waals surface area contributed by atoms with Crippen molar-refractivity contribution in [1.29, 1.82) is 0 Å². The molecule has 10 heteroatoms. The van der Waals surface area contributed by atoms with Crippen molar-refractivity contribution in [2.75, 3.05) is 46.0 Å². The summed E-state index contributed by atoms with van der Waals surface area (Å²) in [5, 5.41) is 0. The van der Waals surface area contributed by atoms with Gasteiger partial charge >= 0.3 is 0 Å². The largest absolute Gasteiger partial charge is 0.488 e. The summed E-state index contributed by atoms with van der Waals surface area (Å²) in [4.78, 5) is 1.91. The number of hydrogen-bond donors (Lipinski definition) is 1. The van der Waals surface area contributed by atoms with E-state index in [2.05, 4.69) is 9.62 Å². The van der Waals surface area contributed by atoms with Crippen molar-refractivity contribution >= 4 is 10.0 Å². The van der Waals surface area contributed by atoms with Crippen LogP contribution in [0.4, 0.5) is 8.78 Å². The maximum Gasteiger partial charge on any atom is 0.240 e. The summed E-state index contributed by atoms with van der Waals surface area (Å²) in [7, 11) is -3.89. The minimum atomic E-state index is -3.89. The van der Waals surface area contributed by atoms with E-state index < -0.39 is 21.7 Å². The molecule has 4 rings (SSSR count). The van der Waals surface area contributed by atoms with Crippen molar-refractivity contribution in [3.05, 3.63) is 48.0 Å². The lowest BCUT2D eigenvalue weighted by Crippen LogP contribution is -2.32. The van der Waals surface area contributed by atoms with E-state index in [-0.39, 0.29) is 17.4 Å². The average Bonchev–Trinajstić information content (AvgIpc) is 3.22. The molecule has 1 fully saturated rings. The summed E-state index contributed by atoms with van der Waals surface area (Å²) >= 11 is 0. The molecule has 31 heavy (non-hydrogen) atoms. The Morgan fingerprint density at radius 1 is 1.13 bits per heavy atom. The Bertz CT molecular complexity index is 1030. The van der Waals surface area contributed by atoms with E-state index in [1.54, 1.807) is 0 Å². The topological polar surface area (TPSA) is 77.1 Å². The summed E-state index contributed by atoms with van der Waals surface area (Å²) in [5.74, 6) is -0.194. The number of likely N-dealkylation sites (tertiary alicyclic amines) is 1. The number of para-hydroxylation sites is 1. The van der Waals surface area contributed by atoms with Gasteiger partial charge in [0.15, 0.2) is 23.1 Å². The quantitative estimate of drug-likeness (QED) is 0.660. The van der Waals surface area contributed by atoms with E-state index in [0.29, 0.717) is 49.7 Å². The SMILES string of the molecule is O=S(=O)(NCC1CCN(CCOc2cccc3c2OCCO3)C1)c1ccc(F)c(F)c1. The number of sulfonamides is 1. The Morgan fingerprint density at radius 2 is 1.97 bits per heavy atom. The van der Waals surface area contributed by atoms with E-state index in [0.717, 1.165) is 31.6 Å². The highest BCUT2D eigenvalue weighted by atomic mass is 32.2. The Hall–Kier alpha value is -2.43. The molecule has 2 heterocycles. The Balaban J connectivity index is 1.23. The number of halogens is 2. The lowest BCUT2D eigenvalue weighted by Gasteiger charge is -2.22. The van der Waals surface area contributed by atoms with Crippen LogP contribution < -0.4 is 18.9 Å². The molecule has 0 aromatic heterocycles. The van der Waals surface area contributed by atoms with Crippen LogP contribution >= 0.6 is 0 Å². The Labute approximate surface area is 180 Å². The van der Waals surface area contributed by atoms with Crippen LogP contribution in [0.25, 0.3) is 0 Å². The third-order valence-electron chi connectivity index (χ3n) is 5.33. The van der Waals surface area contributed by atoms with Crippen molar-refractivity contribution < 1.29 is 31.4 Å². The summed E-state index contributed by atoms with van der Waals surface area (Å²) in [6, 6.07) is 8.08. The summed E-state index contributed by atoms with van der Waals surface area (Å²) in [6.07, 6.45) is 0.831. The molecule has 0 aliphatic carbocycles. The van der Waals surface area contributed by atoms with Crippen molar-refractivity contribution in [2.24, 2.45) is 5.92 Å². The van der Waals surface area contributed by atoms with Crippen LogP contribution in [0.2, 0.25) is 0 Å². The van der Waals surface area contributed by atoms with E-state index in [9.17, 15) is 17.2 Å². The molecule has 0 bridgehead atoms. The van der Waals surface area contributed by atoms with Gasteiger partial charge in [-0.2, -0.15) is 0 Å². The van der Waals surface area contributed by atoms with Gasteiger partial charge in [0.2, 0.25) is 15.8 Å². The minimum Gasteiger partial charge on any atom is -0.488 e. The highest BCUT2D eigenvalue weighted by molar-refractivity contribution is 7.89. The predicted octanol–water partition coefficient (Wildman–Crippen LogP) is 2.42. The molecule has 2 aromatic carbocycles. The molecule has 1 atom stereocenters. The minimum absolute atomic E-state index is 0.126. The zero-order chi connectivity index (χ0) is 21.8. The molecule has 2 aliphatic heterocycles. The third kappa shape index (κ3) is 5.25. The van der Waals surface area contributed by atoms with Gasteiger partial charge in [-0.1, -0.05) is 6.07 Å². The molecular formula is C21H24F2N2O5S. The number of nitrogens with one attached hydrogen (secondary N) is 1. The lowest BCUT2D eigenvalue weighted by molar-refractivity contribution is 0.158. The molecule has 0 spiro atoms. The van der Waals surface area contributed by atoms with Gasteiger partial charge in [-0.3, -0.25) is 4.90 Å². The van der Waals surface area contributed by atoms with Crippen molar-refractivity contribution in [2.45, 2.75) is 11.3 Å². The normalized spacial score (nSPS) is 18.8. The highest BCUT2D eigenvalue weighted by Crippen LogP contribution is 2.38. The van der Waals surface area contributed by atoms with E-state index in [4.69, 9.17) is 14.2 Å². The molecule has 1 N–H and O–H groups in total. The van der Waals surface area contributed by atoms with Crippen molar-refractivity contribution in [3.63, 3.8) is 0 Å². The second-order valence-corrected chi connectivity index (χ2v) is 9.28. The van der Waals surface area contributed by atoms with Crippen LogP contribution in [-0.4, -0.2) is 59.3 Å². The van der Waals surface area contributed by atoms with Gasteiger partial charge in [0.25, 0.3) is 0 Å². The lowest BCUT2D eigenvalue weighted by atomic mass is 10.1. The predicted molar refractivity (Wildman–Crippen MR) is 109 cm³/mol. The van der Waals surface area contributed by atoms with Gasteiger partial charge in [0.1, 0.15) is 19.8 Å². The van der Waals surface area contributed by atoms with Crippen LogP contribution in [0.5, 0.6) is 17.2 Å². The van der Waals surface area contributed by atoms with Crippen molar-refractivity contribution in [3.8, 4) is 17.2 Å². The number of fused-ring (bicyclic) bond motifs is 1. The number of benzene rings is 2. The first kappa shape index (κ1) is 21.8. The first-order valence-electron chi connectivity index (χ1n) is 10.1. The Morgan fingerprint density at radius 3 is 2.81 bits per heavy atom. The smallest absolute Gasteiger partial charge is 0.240 e. The van der Waals surface area contributed by atoms with Crippen molar-refractivity contribution in [1.82, 2.24) is 9.62 Å². The van der Waals surface area contributed by atoms with E-state index in [1.807, 2.05) is 18.2 Å². The molecule has 2 aromatic rings. The van der Waals surface area contributed by atoms with Crippen LogP contribution in [0, 0.1) is 17.6 Å².